The highest BCUT2D eigenvalue weighted by atomic mass is 32.2. The van der Waals surface area contributed by atoms with E-state index in [0.29, 0.717) is 6.67 Å². The summed E-state index contributed by atoms with van der Waals surface area (Å²) >= 11 is -1.46. The van der Waals surface area contributed by atoms with Crippen LogP contribution in [0.2, 0.25) is 0 Å². The number of Topliss-reactive ketones (excluding diaryl/α,β-unsaturated/α-hetero) is 1. The van der Waals surface area contributed by atoms with Crippen LogP contribution in [0.5, 0.6) is 0 Å². The zero-order valence-electron chi connectivity index (χ0n) is 12.8. The van der Waals surface area contributed by atoms with E-state index < -0.39 is 16.1 Å². The molecule has 1 aromatic rings. The van der Waals surface area contributed by atoms with Crippen molar-refractivity contribution >= 4 is 22.8 Å². The molecule has 0 spiro atoms. The Morgan fingerprint density at radius 3 is 2.45 bits per heavy atom. The second kappa shape index (κ2) is 7.11. The Morgan fingerprint density at radius 2 is 2.00 bits per heavy atom. The average molecular weight is 295 g/mol. The molecule has 0 heterocycles. The third kappa shape index (κ3) is 3.75. The minimum atomic E-state index is -1.46. The molecule has 0 fully saturated rings. The normalized spacial score (nSPS) is 13.3. The van der Waals surface area contributed by atoms with Crippen molar-refractivity contribution in [2.75, 3.05) is 18.0 Å². The summed E-state index contributed by atoms with van der Waals surface area (Å²) in [6.45, 7) is 7.56. The number of ketones is 1. The molecular formula is C15H23N2O2S. The number of nitrogens with zero attached hydrogens (tertiary/aromatic N) is 1. The Kier molecular flexibility index (Phi) is 6.05. The summed E-state index contributed by atoms with van der Waals surface area (Å²) < 4.78 is 13.6. The molecule has 1 radical (unpaired) electrons. The first kappa shape index (κ1) is 17.0. The van der Waals surface area contributed by atoms with Gasteiger partial charge in [-0.05, 0) is 39.1 Å². The number of hydrogen-bond acceptors (Lipinski definition) is 4. The van der Waals surface area contributed by atoms with E-state index in [1.165, 1.54) is 0 Å². The summed E-state index contributed by atoms with van der Waals surface area (Å²) in [7, 11) is 1.79. The van der Waals surface area contributed by atoms with Gasteiger partial charge in [-0.2, -0.15) is 4.31 Å². The van der Waals surface area contributed by atoms with Gasteiger partial charge in [0.2, 0.25) is 4.75 Å². The third-order valence-electron chi connectivity index (χ3n) is 3.04. The van der Waals surface area contributed by atoms with Crippen molar-refractivity contribution in [3.63, 3.8) is 0 Å². The Hall–Kier alpha value is -1.04. The molecule has 0 saturated heterocycles. The molecule has 0 amide bonds. The molecule has 4 nitrogen and oxygen atoms in total. The lowest BCUT2D eigenvalue weighted by atomic mass is 9.98. The molecule has 0 bridgehead atoms. The van der Waals surface area contributed by atoms with Gasteiger partial charge in [0.25, 0.3) is 0 Å². The zero-order valence-corrected chi connectivity index (χ0v) is 13.6. The Labute approximate surface area is 124 Å². The Balaban J connectivity index is 3.06. The van der Waals surface area contributed by atoms with E-state index in [2.05, 4.69) is 11.4 Å². The van der Waals surface area contributed by atoms with E-state index in [1.54, 1.807) is 37.3 Å². The number of benzene rings is 1. The molecule has 1 atom stereocenters. The van der Waals surface area contributed by atoms with Gasteiger partial charge in [0, 0.05) is 5.92 Å². The lowest BCUT2D eigenvalue weighted by Gasteiger charge is -2.35. The molecule has 111 valence electrons. The maximum Gasteiger partial charge on any atom is 0.202 e. The molecule has 0 aliphatic carbocycles. The monoisotopic (exact) mass is 295 g/mol. The van der Waals surface area contributed by atoms with E-state index >= 15 is 0 Å². The number of hydrogen-bond donors (Lipinski definition) is 1. The standard InChI is InChI=1S/C15H23N2O2S/c1-12(2)14(18)15(3,4)20(19)17(11-16-5)13-9-7-6-8-10-13/h7-10,12,16H,11H2,1-5H3. The van der Waals surface area contributed by atoms with Gasteiger partial charge in [0.1, 0.15) is 6.67 Å². The molecule has 0 aromatic heterocycles. The van der Waals surface area contributed by atoms with Crippen molar-refractivity contribution in [1.82, 2.24) is 5.32 Å². The van der Waals surface area contributed by atoms with Gasteiger partial charge in [-0.15, -0.1) is 0 Å². The number of anilines is 1. The van der Waals surface area contributed by atoms with Crippen molar-refractivity contribution in [2.24, 2.45) is 5.92 Å². The summed E-state index contributed by atoms with van der Waals surface area (Å²) in [6, 6.07) is 10.2. The van der Waals surface area contributed by atoms with Gasteiger partial charge in [-0.3, -0.25) is 10.1 Å². The van der Waals surface area contributed by atoms with Crippen LogP contribution in [0.1, 0.15) is 27.7 Å². The topological polar surface area (TPSA) is 55.4 Å². The molecule has 20 heavy (non-hydrogen) atoms. The molecule has 0 aliphatic heterocycles. The van der Waals surface area contributed by atoms with Crippen molar-refractivity contribution in [1.29, 1.82) is 0 Å². The first-order chi connectivity index (χ1) is 9.32. The largest absolute Gasteiger partial charge is 0.592 e. The summed E-state index contributed by atoms with van der Waals surface area (Å²) in [6.07, 6.45) is 0. The number of carbonyl (C=O) groups excluding carboxylic acids is 1. The summed E-state index contributed by atoms with van der Waals surface area (Å²) in [5, 5.41) is 3.00. The smallest absolute Gasteiger partial charge is 0.202 e. The molecule has 1 N–H and O–H groups in total. The van der Waals surface area contributed by atoms with Crippen molar-refractivity contribution in [3.05, 3.63) is 30.3 Å². The molecule has 5 heteroatoms. The predicted octanol–water partition coefficient (Wildman–Crippen LogP) is 2.14. The highest BCUT2D eigenvalue weighted by Crippen LogP contribution is 2.28. The highest BCUT2D eigenvalue weighted by Gasteiger charge is 2.45. The molecule has 0 aliphatic rings. The van der Waals surface area contributed by atoms with E-state index in [1.807, 2.05) is 26.0 Å². The second-order valence-corrected chi connectivity index (χ2v) is 7.39. The predicted molar refractivity (Wildman–Crippen MR) is 83.8 cm³/mol. The summed E-state index contributed by atoms with van der Waals surface area (Å²) in [5.74, 6) is -0.145. The number of rotatable bonds is 7. The Morgan fingerprint density at radius 1 is 1.45 bits per heavy atom. The SMILES string of the molecule is CNCN(c1cc[c]cc1)[S+]([O-])C(C)(C)C(=O)C(C)C. The van der Waals surface area contributed by atoms with E-state index in [-0.39, 0.29) is 11.7 Å². The Bertz CT molecular complexity index is 435. The van der Waals surface area contributed by atoms with Crippen LogP contribution >= 0.6 is 0 Å². The van der Waals surface area contributed by atoms with Crippen LogP contribution in [-0.4, -0.2) is 28.8 Å². The fourth-order valence-electron chi connectivity index (χ4n) is 1.99. The second-order valence-electron chi connectivity index (χ2n) is 5.43. The lowest BCUT2D eigenvalue weighted by molar-refractivity contribution is -0.123. The first-order valence-electron chi connectivity index (χ1n) is 6.67. The molecule has 0 saturated carbocycles. The van der Waals surface area contributed by atoms with Crippen LogP contribution in [0.25, 0.3) is 0 Å². The van der Waals surface area contributed by atoms with Crippen LogP contribution in [0.15, 0.2) is 24.3 Å². The van der Waals surface area contributed by atoms with Crippen LogP contribution in [-0.2, 0) is 16.2 Å². The minimum Gasteiger partial charge on any atom is -0.592 e. The maximum atomic E-state index is 12.9. The fraction of sp³-hybridized carbons (Fsp3) is 0.533. The molecule has 1 aromatic carbocycles. The molecule has 1 unspecified atom stereocenters. The van der Waals surface area contributed by atoms with Crippen molar-refractivity contribution in [3.8, 4) is 0 Å². The van der Waals surface area contributed by atoms with Gasteiger partial charge >= 0.3 is 0 Å². The van der Waals surface area contributed by atoms with Crippen LogP contribution < -0.4 is 9.62 Å². The fourth-order valence-corrected chi connectivity index (χ4v) is 3.51. The van der Waals surface area contributed by atoms with E-state index in [9.17, 15) is 9.35 Å². The maximum absolute atomic E-state index is 12.9. The van der Waals surface area contributed by atoms with Crippen molar-refractivity contribution < 1.29 is 9.35 Å². The van der Waals surface area contributed by atoms with E-state index in [0.717, 1.165) is 5.69 Å². The average Bonchev–Trinajstić information content (AvgIpc) is 2.43. The third-order valence-corrected chi connectivity index (χ3v) is 4.86. The van der Waals surface area contributed by atoms with Gasteiger partial charge in [0.05, 0.1) is 17.0 Å². The van der Waals surface area contributed by atoms with Crippen molar-refractivity contribution in [2.45, 2.75) is 32.4 Å². The van der Waals surface area contributed by atoms with Gasteiger partial charge in [-0.25, -0.2) is 0 Å². The molecule has 1 rings (SSSR count). The van der Waals surface area contributed by atoms with Gasteiger partial charge in [-0.1, -0.05) is 26.0 Å². The van der Waals surface area contributed by atoms with Crippen LogP contribution in [0.4, 0.5) is 5.69 Å². The van der Waals surface area contributed by atoms with Crippen LogP contribution in [0.3, 0.4) is 0 Å². The lowest BCUT2D eigenvalue weighted by Crippen LogP contribution is -2.53. The summed E-state index contributed by atoms with van der Waals surface area (Å²) in [4.78, 5) is 12.3. The quantitative estimate of drug-likeness (QED) is 0.618. The zero-order chi connectivity index (χ0) is 15.3. The molecular weight excluding hydrogens is 272 g/mol. The highest BCUT2D eigenvalue weighted by molar-refractivity contribution is 7.94. The van der Waals surface area contributed by atoms with E-state index in [4.69, 9.17) is 0 Å². The first-order valence-corrected chi connectivity index (χ1v) is 7.77. The summed E-state index contributed by atoms with van der Waals surface area (Å²) in [5.41, 5.74) is 0.807. The van der Waals surface area contributed by atoms with Gasteiger partial charge in [0.15, 0.2) is 5.78 Å². The van der Waals surface area contributed by atoms with Crippen LogP contribution in [0, 0.1) is 12.0 Å². The van der Waals surface area contributed by atoms with Gasteiger partial charge < -0.3 is 4.55 Å². The number of carbonyl (C=O) groups is 1. The minimum absolute atomic E-state index is 0.000528. The number of nitrogens with one attached hydrogen (secondary N) is 1.